The summed E-state index contributed by atoms with van der Waals surface area (Å²) < 4.78 is 0. The fourth-order valence-corrected chi connectivity index (χ4v) is 4.83. The zero-order valence-electron chi connectivity index (χ0n) is 28.7. The van der Waals surface area contributed by atoms with Gasteiger partial charge in [0.15, 0.2) is 0 Å². The van der Waals surface area contributed by atoms with Gasteiger partial charge < -0.3 is 27.4 Å². The topological polar surface area (TPSA) is 162 Å². The number of rotatable bonds is 12. The van der Waals surface area contributed by atoms with E-state index in [0.29, 0.717) is 18.8 Å². The summed E-state index contributed by atoms with van der Waals surface area (Å²) in [7, 11) is 0. The number of primary amides is 2. The molecule has 7 N–H and O–H groups in total. The van der Waals surface area contributed by atoms with Crippen LogP contribution in [0.2, 0.25) is 0 Å². The van der Waals surface area contributed by atoms with Crippen LogP contribution in [-0.4, -0.2) is 64.9 Å². The molecule has 0 saturated heterocycles. The normalized spacial score (nSPS) is 19.2. The van der Waals surface area contributed by atoms with Gasteiger partial charge in [0.1, 0.15) is 6.04 Å². The molecular formula is C35H55Cl4N5O4. The van der Waals surface area contributed by atoms with Crippen molar-refractivity contribution in [1.82, 2.24) is 10.2 Å². The molecule has 0 heterocycles. The van der Waals surface area contributed by atoms with Crippen molar-refractivity contribution in [1.29, 1.82) is 0 Å². The minimum atomic E-state index is -0.547. The number of nitrogens with zero attached hydrogens (tertiary/aromatic N) is 1. The number of hydrogen-bond donors (Lipinski definition) is 4. The third kappa shape index (κ3) is 19.6. The summed E-state index contributed by atoms with van der Waals surface area (Å²) in [5, 5.41) is 2.72. The van der Waals surface area contributed by atoms with E-state index in [4.69, 9.17) is 52.0 Å². The van der Waals surface area contributed by atoms with Crippen molar-refractivity contribution in [3.05, 3.63) is 71.8 Å². The van der Waals surface area contributed by atoms with E-state index < -0.39 is 23.9 Å². The number of hydrogen-bond acceptors (Lipinski definition) is 6. The molecule has 48 heavy (non-hydrogen) atoms. The molecular weight excluding hydrogens is 696 g/mol. The Morgan fingerprint density at radius 3 is 1.40 bits per heavy atom. The van der Waals surface area contributed by atoms with Gasteiger partial charge in [-0.05, 0) is 79.9 Å². The molecule has 2 aromatic carbocycles. The Kier molecular flexibility index (Phi) is 27.3. The average molecular weight is 752 g/mol. The van der Waals surface area contributed by atoms with Crippen molar-refractivity contribution in [3.63, 3.8) is 0 Å². The second kappa shape index (κ2) is 27.4. The van der Waals surface area contributed by atoms with Crippen LogP contribution in [0, 0.1) is 11.8 Å². The van der Waals surface area contributed by atoms with Crippen molar-refractivity contribution in [2.45, 2.75) is 84.2 Å². The van der Waals surface area contributed by atoms with Crippen molar-refractivity contribution in [2.75, 3.05) is 25.0 Å². The Morgan fingerprint density at radius 2 is 1.15 bits per heavy atom. The molecule has 13 heteroatoms. The van der Waals surface area contributed by atoms with Gasteiger partial charge in [0.05, 0.1) is 11.4 Å². The smallest absolute Gasteiger partial charge is 0.239 e. The lowest BCUT2D eigenvalue weighted by molar-refractivity contribution is -0.128. The molecule has 272 valence electrons. The van der Waals surface area contributed by atoms with Crippen LogP contribution in [-0.2, 0) is 19.2 Å². The molecule has 0 bridgehead atoms. The van der Waals surface area contributed by atoms with Gasteiger partial charge >= 0.3 is 0 Å². The highest BCUT2D eigenvalue weighted by atomic mass is 35.5. The number of halogens is 4. The quantitative estimate of drug-likeness (QED) is 0.151. The van der Waals surface area contributed by atoms with E-state index in [1.54, 1.807) is 0 Å². The van der Waals surface area contributed by atoms with Gasteiger partial charge in [0.25, 0.3) is 0 Å². The summed E-state index contributed by atoms with van der Waals surface area (Å²) >= 11 is 14.9. The predicted molar refractivity (Wildman–Crippen MR) is 202 cm³/mol. The maximum atomic E-state index is 11.9. The van der Waals surface area contributed by atoms with Crippen LogP contribution in [0.1, 0.15) is 83.3 Å². The number of alkyl halides is 2. The summed E-state index contributed by atoms with van der Waals surface area (Å²) in [6.45, 7) is 13.8. The third-order valence-electron chi connectivity index (χ3n) is 7.88. The highest BCUT2D eigenvalue weighted by molar-refractivity contribution is 6.64. The third-order valence-corrected chi connectivity index (χ3v) is 8.16. The first kappa shape index (κ1) is 47.7. The molecule has 2 aliphatic carbocycles. The van der Waals surface area contributed by atoms with Crippen LogP contribution < -0.4 is 22.5 Å². The monoisotopic (exact) mass is 749 g/mol. The number of amides is 3. The van der Waals surface area contributed by atoms with Crippen LogP contribution in [0.4, 0.5) is 0 Å². The van der Waals surface area contributed by atoms with Crippen molar-refractivity contribution >= 4 is 70.2 Å². The zero-order chi connectivity index (χ0) is 35.9. The molecule has 2 aliphatic rings. The van der Waals surface area contributed by atoms with Gasteiger partial charge in [-0.1, -0.05) is 95.3 Å². The number of carbonyl (C=O) groups is 4. The van der Waals surface area contributed by atoms with E-state index in [9.17, 15) is 19.2 Å². The van der Waals surface area contributed by atoms with E-state index >= 15 is 0 Å². The molecule has 0 aromatic heterocycles. The predicted octanol–water partition coefficient (Wildman–Crippen LogP) is 6.13. The second-order valence-corrected chi connectivity index (χ2v) is 12.2. The van der Waals surface area contributed by atoms with Crippen molar-refractivity contribution < 1.29 is 19.2 Å². The number of carbonyl (C=O) groups excluding carboxylic acids is 4. The average Bonchev–Trinajstić information content (AvgIpc) is 4.00. The zero-order valence-corrected chi connectivity index (χ0v) is 31.8. The van der Waals surface area contributed by atoms with E-state index in [-0.39, 0.29) is 46.6 Å². The summed E-state index contributed by atoms with van der Waals surface area (Å²) in [5.41, 5.74) is 17.5. The molecule has 4 rings (SSSR count). The molecule has 3 amide bonds. The Bertz CT molecular complexity index is 1170. The largest absolute Gasteiger partial charge is 0.368 e. The highest BCUT2D eigenvalue weighted by Crippen LogP contribution is 2.48. The molecule has 2 unspecified atom stereocenters. The van der Waals surface area contributed by atoms with E-state index in [0.717, 1.165) is 12.8 Å². The molecule has 9 nitrogen and oxygen atoms in total. The minimum absolute atomic E-state index is 0. The first-order valence-corrected chi connectivity index (χ1v) is 17.6. The van der Waals surface area contributed by atoms with Crippen LogP contribution >= 0.6 is 47.2 Å². The lowest BCUT2D eigenvalue weighted by atomic mass is 10.1. The van der Waals surface area contributed by atoms with Crippen LogP contribution in [0.25, 0.3) is 0 Å². The van der Waals surface area contributed by atoms with Crippen LogP contribution in [0.3, 0.4) is 0 Å². The first-order valence-electron chi connectivity index (χ1n) is 16.1. The van der Waals surface area contributed by atoms with E-state index in [1.807, 2.05) is 74.5 Å². The molecule has 0 aliphatic heterocycles. The lowest BCUT2D eigenvalue weighted by Gasteiger charge is -2.13. The summed E-state index contributed by atoms with van der Waals surface area (Å²) in [6.07, 6.45) is 2.93. The van der Waals surface area contributed by atoms with Crippen LogP contribution in [0.15, 0.2) is 60.7 Å². The first-order chi connectivity index (χ1) is 22.4. The Morgan fingerprint density at radius 1 is 0.750 bits per heavy atom. The molecule has 0 radical (unpaired) electrons. The second-order valence-electron chi connectivity index (χ2n) is 11.0. The Labute approximate surface area is 308 Å². The number of nitrogens with two attached hydrogens (primary N) is 3. The summed E-state index contributed by atoms with van der Waals surface area (Å²) in [5.74, 6) is -0.220. The minimum Gasteiger partial charge on any atom is -0.368 e. The molecule has 6 atom stereocenters. The van der Waals surface area contributed by atoms with E-state index in [2.05, 4.69) is 31.0 Å². The van der Waals surface area contributed by atoms with E-state index in [1.165, 1.54) is 30.8 Å². The maximum Gasteiger partial charge on any atom is 0.239 e. The SMILES string of the molecule is CCN(CC)CC.CC[C@H](N)C(N)=O.CC[C@H](NC(=O)[C@@H]1CC1c1ccccc1)C(N)=O.Cl.ClCCl.O=C(Cl)[C@@H]1CC1c1ccccc1. The van der Waals surface area contributed by atoms with Crippen molar-refractivity contribution in [2.24, 2.45) is 29.0 Å². The number of benzene rings is 2. The molecule has 2 fully saturated rings. The van der Waals surface area contributed by atoms with Gasteiger partial charge in [-0.3, -0.25) is 19.2 Å². The highest BCUT2D eigenvalue weighted by Gasteiger charge is 2.44. The van der Waals surface area contributed by atoms with Gasteiger partial charge in [0.2, 0.25) is 23.0 Å². The standard InChI is InChI=1S/C14H18N2O2.C10H9ClO.C6H15N.C4H10N2O.CH2Cl2.ClH/c1-2-12(13(15)17)16-14(18)11-8-10(11)9-6-4-3-5-7-9;11-10(12)9-6-8(9)7-4-2-1-3-5-7;1-4-7(5-2)6-3;1-2-3(5)4(6)7;2-1-3;/h3-7,10-12H,2,8H2,1H3,(H2,15,17)(H,16,18);1-5,8-9H,6H2;4-6H2,1-3H3;3H,2,5H2,1H3,(H2,6,7);1H2;1H/t10?,11-,12+;8?,9-;;3-;;/m11.0../s1. The van der Waals surface area contributed by atoms with Gasteiger partial charge in [-0.2, -0.15) is 0 Å². The Balaban J connectivity index is 0. The van der Waals surface area contributed by atoms with Crippen LogP contribution in [0.5, 0.6) is 0 Å². The summed E-state index contributed by atoms with van der Waals surface area (Å²) in [4.78, 5) is 46.2. The number of nitrogens with one attached hydrogen (secondary N) is 1. The fourth-order valence-electron chi connectivity index (χ4n) is 4.59. The fraction of sp³-hybridized carbons (Fsp3) is 0.543. The van der Waals surface area contributed by atoms with Gasteiger partial charge in [-0.25, -0.2) is 0 Å². The lowest BCUT2D eigenvalue weighted by Crippen LogP contribution is -2.44. The molecule has 0 spiro atoms. The van der Waals surface area contributed by atoms with Gasteiger partial charge in [0, 0.05) is 11.8 Å². The molecule has 2 aromatic rings. The maximum absolute atomic E-state index is 11.9. The summed E-state index contributed by atoms with van der Waals surface area (Å²) in [6, 6.07) is 19.0. The Hall–Kier alpha value is -2.40. The molecule has 2 saturated carbocycles. The van der Waals surface area contributed by atoms with Gasteiger partial charge in [-0.15, -0.1) is 35.6 Å². The van der Waals surface area contributed by atoms with Crippen molar-refractivity contribution in [3.8, 4) is 0 Å².